The zero-order chi connectivity index (χ0) is 18.8. The second kappa shape index (κ2) is 7.35. The summed E-state index contributed by atoms with van der Waals surface area (Å²) in [5.74, 6) is -0.287. The van der Waals surface area contributed by atoms with E-state index >= 15 is 0 Å². The molecule has 0 unspecified atom stereocenters. The first kappa shape index (κ1) is 18.2. The third-order valence-corrected chi connectivity index (χ3v) is 5.18. The van der Waals surface area contributed by atoms with Crippen LogP contribution in [0.15, 0.2) is 24.4 Å². The Hall–Kier alpha value is -2.58. The maximum absolute atomic E-state index is 11.9. The quantitative estimate of drug-likeness (QED) is 0.614. The molecular weight excluding hydrogens is 350 g/mol. The number of pyridine rings is 1. The van der Waals surface area contributed by atoms with E-state index in [2.05, 4.69) is 20.3 Å². The van der Waals surface area contributed by atoms with Crippen LogP contribution in [0, 0.1) is 6.92 Å². The number of primary amides is 1. The van der Waals surface area contributed by atoms with Gasteiger partial charge in [0.2, 0.25) is 5.95 Å². The van der Waals surface area contributed by atoms with Crippen LogP contribution in [0.2, 0.25) is 0 Å². The molecule has 0 radical (unpaired) electrons. The van der Waals surface area contributed by atoms with Crippen LogP contribution in [-0.4, -0.2) is 32.1 Å². The monoisotopic (exact) mass is 371 g/mol. The Bertz CT molecular complexity index is 940. The highest BCUT2D eigenvalue weighted by molar-refractivity contribution is 7.19. The fourth-order valence-electron chi connectivity index (χ4n) is 2.80. The summed E-state index contributed by atoms with van der Waals surface area (Å²) >= 11 is 1.42. The molecule has 3 aromatic heterocycles. The van der Waals surface area contributed by atoms with Crippen molar-refractivity contribution < 1.29 is 9.90 Å². The van der Waals surface area contributed by atoms with Gasteiger partial charge in [0.25, 0.3) is 5.91 Å². The number of nitrogens with two attached hydrogens (primary N) is 1. The number of aryl methyl sites for hydroxylation is 1. The average molecular weight is 371 g/mol. The van der Waals surface area contributed by atoms with Crippen LogP contribution in [0.5, 0.6) is 0 Å². The molecule has 4 N–H and O–H groups in total. The highest BCUT2D eigenvalue weighted by Crippen LogP contribution is 2.33. The molecule has 3 aromatic rings. The van der Waals surface area contributed by atoms with Gasteiger partial charge in [0, 0.05) is 17.5 Å². The number of rotatable bonds is 6. The van der Waals surface area contributed by atoms with Gasteiger partial charge in [0.15, 0.2) is 5.69 Å². The summed E-state index contributed by atoms with van der Waals surface area (Å²) in [5, 5.41) is 13.0. The topological polar surface area (TPSA) is 114 Å². The molecule has 0 aliphatic carbocycles. The Morgan fingerprint density at radius 2 is 2.12 bits per heavy atom. The van der Waals surface area contributed by atoms with E-state index in [4.69, 9.17) is 5.73 Å². The summed E-state index contributed by atoms with van der Waals surface area (Å²) in [6.45, 7) is 5.61. The normalized spacial score (nSPS) is 13.5. The lowest BCUT2D eigenvalue weighted by atomic mass is 10.1. The number of carbonyl (C=O) groups excluding carboxylic acids is 1. The lowest BCUT2D eigenvalue weighted by Gasteiger charge is -2.14. The van der Waals surface area contributed by atoms with Crippen molar-refractivity contribution >= 4 is 33.4 Å². The molecule has 0 spiro atoms. The SMILES string of the molecule is Cc1sc2c(C(N)=O)nc(N[C@@H](C)c3ccccn3)nc2c1C[C@H](C)O. The van der Waals surface area contributed by atoms with Crippen molar-refractivity contribution in [3.8, 4) is 0 Å². The molecule has 26 heavy (non-hydrogen) atoms. The highest BCUT2D eigenvalue weighted by Gasteiger charge is 2.21. The number of anilines is 1. The Morgan fingerprint density at radius 1 is 1.35 bits per heavy atom. The maximum Gasteiger partial charge on any atom is 0.269 e. The van der Waals surface area contributed by atoms with E-state index in [1.54, 1.807) is 13.1 Å². The van der Waals surface area contributed by atoms with Gasteiger partial charge in [0.1, 0.15) is 0 Å². The molecule has 3 heterocycles. The summed E-state index contributed by atoms with van der Waals surface area (Å²) in [7, 11) is 0. The Morgan fingerprint density at radius 3 is 2.73 bits per heavy atom. The Balaban J connectivity index is 2.07. The van der Waals surface area contributed by atoms with Gasteiger partial charge in [-0.3, -0.25) is 9.78 Å². The molecule has 3 rings (SSSR count). The maximum atomic E-state index is 11.9. The van der Waals surface area contributed by atoms with Crippen molar-refractivity contribution in [1.82, 2.24) is 15.0 Å². The first-order valence-corrected chi connectivity index (χ1v) is 9.13. The summed E-state index contributed by atoms with van der Waals surface area (Å²) in [4.78, 5) is 26.1. The molecule has 1 amide bonds. The number of aromatic nitrogens is 3. The second-order valence-electron chi connectivity index (χ2n) is 6.25. The highest BCUT2D eigenvalue weighted by atomic mass is 32.1. The van der Waals surface area contributed by atoms with Gasteiger partial charge in [-0.1, -0.05) is 6.07 Å². The molecule has 0 aliphatic heterocycles. The summed E-state index contributed by atoms with van der Waals surface area (Å²) < 4.78 is 0.654. The average Bonchev–Trinajstić information content (AvgIpc) is 2.90. The molecule has 0 bridgehead atoms. The lowest BCUT2D eigenvalue weighted by Crippen LogP contribution is -2.17. The van der Waals surface area contributed by atoms with Crippen LogP contribution in [0.3, 0.4) is 0 Å². The van der Waals surface area contributed by atoms with Gasteiger partial charge in [-0.2, -0.15) is 0 Å². The molecule has 136 valence electrons. The van der Waals surface area contributed by atoms with Gasteiger partial charge >= 0.3 is 0 Å². The van der Waals surface area contributed by atoms with Gasteiger partial charge in [-0.15, -0.1) is 11.3 Å². The second-order valence-corrected chi connectivity index (χ2v) is 7.47. The van der Waals surface area contributed by atoms with E-state index in [1.807, 2.05) is 32.0 Å². The van der Waals surface area contributed by atoms with E-state index in [0.29, 0.717) is 22.6 Å². The van der Waals surface area contributed by atoms with E-state index in [0.717, 1.165) is 16.1 Å². The first-order valence-electron chi connectivity index (χ1n) is 8.32. The van der Waals surface area contributed by atoms with E-state index in [9.17, 15) is 9.90 Å². The standard InChI is InChI=1S/C18H21N5O2S/c1-9(24)8-12-11(3)26-16-14(12)22-18(23-15(16)17(19)25)21-10(2)13-6-4-5-7-20-13/h4-7,9-10,24H,8H2,1-3H3,(H2,19,25)(H,21,22,23)/t9-,10-/m0/s1. The summed E-state index contributed by atoms with van der Waals surface area (Å²) in [5.41, 5.74) is 8.14. The molecule has 7 nitrogen and oxygen atoms in total. The lowest BCUT2D eigenvalue weighted by molar-refractivity contribution is 0.0997. The van der Waals surface area contributed by atoms with Gasteiger partial charge < -0.3 is 16.2 Å². The number of nitrogens with one attached hydrogen (secondary N) is 1. The smallest absolute Gasteiger partial charge is 0.269 e. The van der Waals surface area contributed by atoms with Crippen LogP contribution < -0.4 is 11.1 Å². The Kier molecular flexibility index (Phi) is 5.15. The number of nitrogens with zero attached hydrogens (tertiary/aromatic N) is 3. The number of carbonyl (C=O) groups is 1. The fraction of sp³-hybridized carbons (Fsp3) is 0.333. The zero-order valence-corrected chi connectivity index (χ0v) is 15.7. The zero-order valence-electron chi connectivity index (χ0n) is 14.9. The van der Waals surface area contributed by atoms with Crippen molar-refractivity contribution in [3.63, 3.8) is 0 Å². The minimum Gasteiger partial charge on any atom is -0.393 e. The number of thiophene rings is 1. The number of aliphatic hydroxyl groups is 1. The number of hydrogen-bond acceptors (Lipinski definition) is 7. The minimum atomic E-state index is -0.601. The number of aliphatic hydroxyl groups excluding tert-OH is 1. The van der Waals surface area contributed by atoms with Crippen LogP contribution in [0.1, 0.15) is 46.5 Å². The molecule has 8 heteroatoms. The largest absolute Gasteiger partial charge is 0.393 e. The molecule has 0 aromatic carbocycles. The molecule has 0 aliphatic rings. The molecule has 0 saturated heterocycles. The summed E-state index contributed by atoms with van der Waals surface area (Å²) in [6.07, 6.45) is 1.66. The van der Waals surface area contributed by atoms with E-state index < -0.39 is 12.0 Å². The third-order valence-electron chi connectivity index (χ3n) is 4.04. The molecule has 0 saturated carbocycles. The number of fused-ring (bicyclic) bond motifs is 1. The van der Waals surface area contributed by atoms with Crippen molar-refractivity contribution in [3.05, 3.63) is 46.2 Å². The van der Waals surface area contributed by atoms with Crippen LogP contribution in [-0.2, 0) is 6.42 Å². The van der Waals surface area contributed by atoms with Crippen LogP contribution >= 0.6 is 11.3 Å². The Labute approximate surface area is 155 Å². The van der Waals surface area contributed by atoms with Crippen molar-refractivity contribution in [1.29, 1.82) is 0 Å². The van der Waals surface area contributed by atoms with Crippen LogP contribution in [0.25, 0.3) is 10.2 Å². The predicted octanol–water partition coefficient (Wildman–Crippen LogP) is 2.59. The van der Waals surface area contributed by atoms with Crippen molar-refractivity contribution in [2.45, 2.75) is 39.3 Å². The van der Waals surface area contributed by atoms with E-state index in [1.165, 1.54) is 11.3 Å². The van der Waals surface area contributed by atoms with Crippen molar-refractivity contribution in [2.24, 2.45) is 5.73 Å². The third kappa shape index (κ3) is 3.66. The fourth-order valence-corrected chi connectivity index (χ4v) is 3.92. The molecule has 2 atom stereocenters. The van der Waals surface area contributed by atoms with Gasteiger partial charge in [-0.05, 0) is 38.5 Å². The van der Waals surface area contributed by atoms with Gasteiger partial charge in [-0.25, -0.2) is 9.97 Å². The van der Waals surface area contributed by atoms with Gasteiger partial charge in [0.05, 0.1) is 28.1 Å². The number of amides is 1. The summed E-state index contributed by atoms with van der Waals surface area (Å²) in [6, 6.07) is 5.51. The van der Waals surface area contributed by atoms with Crippen molar-refractivity contribution in [2.75, 3.05) is 5.32 Å². The minimum absolute atomic E-state index is 0.144. The molecular formula is C18H21N5O2S. The number of hydrogen-bond donors (Lipinski definition) is 3. The van der Waals surface area contributed by atoms with E-state index in [-0.39, 0.29) is 11.7 Å². The van der Waals surface area contributed by atoms with Crippen LogP contribution in [0.4, 0.5) is 5.95 Å². The predicted molar refractivity (Wildman–Crippen MR) is 102 cm³/mol. The first-order chi connectivity index (χ1) is 12.4. The molecule has 0 fully saturated rings.